The van der Waals surface area contributed by atoms with E-state index in [0.29, 0.717) is 5.56 Å². The zero-order chi connectivity index (χ0) is 19.7. The van der Waals surface area contributed by atoms with Gasteiger partial charge in [-0.05, 0) is 39.2 Å². The van der Waals surface area contributed by atoms with Crippen LogP contribution in [0.1, 0.15) is 44.0 Å². The number of urea groups is 1. The van der Waals surface area contributed by atoms with Crippen LogP contribution in [-0.4, -0.2) is 42.1 Å². The van der Waals surface area contributed by atoms with Crippen molar-refractivity contribution < 1.29 is 23.9 Å². The first kappa shape index (κ1) is 21.7. The van der Waals surface area contributed by atoms with Crippen LogP contribution in [0.3, 0.4) is 0 Å². The number of ether oxygens (including phenoxy) is 1. The van der Waals surface area contributed by atoms with Crippen LogP contribution in [0.25, 0.3) is 0 Å². The van der Waals surface area contributed by atoms with Gasteiger partial charge in [-0.15, -0.1) is 11.8 Å². The fraction of sp³-hybridized carbons (Fsp3) is 0.444. The molecule has 1 aromatic carbocycles. The molecule has 8 heteroatoms. The highest BCUT2D eigenvalue weighted by atomic mass is 32.2. The Morgan fingerprint density at radius 2 is 1.65 bits per heavy atom. The van der Waals surface area contributed by atoms with Gasteiger partial charge in [0.2, 0.25) is 0 Å². The number of hydrogen-bond acceptors (Lipinski definition) is 6. The normalized spacial score (nSPS) is 11.6. The van der Waals surface area contributed by atoms with E-state index in [-0.39, 0.29) is 24.7 Å². The number of nitrogens with one attached hydrogen (secondary N) is 2. The average Bonchev–Trinajstić information content (AvgIpc) is 2.58. The average molecular weight is 380 g/mol. The van der Waals surface area contributed by atoms with E-state index in [9.17, 15) is 19.2 Å². The quantitative estimate of drug-likeness (QED) is 0.408. The van der Waals surface area contributed by atoms with E-state index in [2.05, 4.69) is 10.6 Å². The minimum absolute atomic E-state index is 0.0143. The molecule has 1 aromatic rings. The van der Waals surface area contributed by atoms with E-state index in [1.807, 2.05) is 18.4 Å². The Morgan fingerprint density at radius 3 is 2.19 bits per heavy atom. The van der Waals surface area contributed by atoms with Crippen molar-refractivity contribution in [1.82, 2.24) is 10.6 Å². The topological polar surface area (TPSA) is 102 Å². The molecule has 1 atom stereocenters. The first-order valence-electron chi connectivity index (χ1n) is 8.21. The van der Waals surface area contributed by atoms with Gasteiger partial charge in [-0.2, -0.15) is 0 Å². The maximum atomic E-state index is 12.1. The monoisotopic (exact) mass is 380 g/mol. The maximum Gasteiger partial charge on any atom is 0.321 e. The predicted octanol–water partition coefficient (Wildman–Crippen LogP) is 2.54. The Morgan fingerprint density at radius 1 is 1.04 bits per heavy atom. The summed E-state index contributed by atoms with van der Waals surface area (Å²) in [5.74, 6) is -1.58. The Hall–Kier alpha value is -2.35. The van der Waals surface area contributed by atoms with Crippen molar-refractivity contribution in [3.8, 4) is 0 Å². The summed E-state index contributed by atoms with van der Waals surface area (Å²) in [4.78, 5) is 48.1. The van der Waals surface area contributed by atoms with Gasteiger partial charge in [0.1, 0.15) is 0 Å². The number of carbonyl (C=O) groups excluding carboxylic acids is 4. The van der Waals surface area contributed by atoms with Gasteiger partial charge < -0.3 is 10.1 Å². The molecule has 0 aliphatic rings. The van der Waals surface area contributed by atoms with Gasteiger partial charge in [-0.1, -0.05) is 12.1 Å². The molecule has 142 valence electrons. The summed E-state index contributed by atoms with van der Waals surface area (Å²) in [7, 11) is 0. The number of thioether (sulfide) groups is 1. The second-order valence-electron chi connectivity index (χ2n) is 5.90. The Labute approximate surface area is 157 Å². The standard InChI is InChI=1S/C18H24N2O5S/c1-11(2)19-18(24)20-17(23)12(3)25-16(22)10-9-15(21)13-5-7-14(26-4)8-6-13/h5-8,11-12H,9-10H2,1-4H3,(H2,19,20,23,24)/t12-/m0/s1. The summed E-state index contributed by atoms with van der Waals surface area (Å²) < 4.78 is 4.95. The molecule has 2 N–H and O–H groups in total. The fourth-order valence-electron chi connectivity index (χ4n) is 1.96. The zero-order valence-corrected chi connectivity index (χ0v) is 16.1. The van der Waals surface area contributed by atoms with Gasteiger partial charge >= 0.3 is 12.0 Å². The van der Waals surface area contributed by atoms with E-state index in [1.54, 1.807) is 37.7 Å². The molecule has 3 amide bonds. The van der Waals surface area contributed by atoms with E-state index in [0.717, 1.165) is 4.90 Å². The fourth-order valence-corrected chi connectivity index (χ4v) is 2.37. The van der Waals surface area contributed by atoms with Crippen molar-refractivity contribution in [2.24, 2.45) is 0 Å². The van der Waals surface area contributed by atoms with Crippen LogP contribution in [-0.2, 0) is 14.3 Å². The maximum absolute atomic E-state index is 12.1. The third kappa shape index (κ3) is 7.69. The Kier molecular flexibility index (Phi) is 8.84. The molecule has 0 spiro atoms. The Bertz CT molecular complexity index is 658. The molecule has 0 fully saturated rings. The van der Waals surface area contributed by atoms with Crippen molar-refractivity contribution in [3.05, 3.63) is 29.8 Å². The smallest absolute Gasteiger partial charge is 0.321 e. The molecule has 0 aliphatic heterocycles. The molecule has 7 nitrogen and oxygen atoms in total. The number of hydrogen-bond donors (Lipinski definition) is 2. The van der Waals surface area contributed by atoms with Gasteiger partial charge in [0.05, 0.1) is 6.42 Å². The van der Waals surface area contributed by atoms with Crippen molar-refractivity contribution in [2.75, 3.05) is 6.26 Å². The van der Waals surface area contributed by atoms with Gasteiger partial charge in [0.15, 0.2) is 11.9 Å². The number of rotatable bonds is 8. The predicted molar refractivity (Wildman–Crippen MR) is 99.2 cm³/mol. The summed E-state index contributed by atoms with van der Waals surface area (Å²) in [5.41, 5.74) is 0.520. The minimum Gasteiger partial charge on any atom is -0.453 e. The van der Waals surface area contributed by atoms with Crippen LogP contribution in [0.4, 0.5) is 4.79 Å². The van der Waals surface area contributed by atoms with Crippen LogP contribution < -0.4 is 10.6 Å². The van der Waals surface area contributed by atoms with Crippen molar-refractivity contribution in [3.63, 3.8) is 0 Å². The summed E-state index contributed by atoms with van der Waals surface area (Å²) in [5, 5.41) is 4.57. The van der Waals surface area contributed by atoms with Crippen LogP contribution in [0.2, 0.25) is 0 Å². The molecular formula is C18H24N2O5S. The molecule has 0 unspecified atom stereocenters. The molecule has 0 bridgehead atoms. The van der Waals surface area contributed by atoms with Crippen molar-refractivity contribution >= 4 is 35.5 Å². The number of esters is 1. The lowest BCUT2D eigenvalue weighted by Crippen LogP contribution is -2.46. The minimum atomic E-state index is -1.13. The highest BCUT2D eigenvalue weighted by molar-refractivity contribution is 7.98. The van der Waals surface area contributed by atoms with E-state index >= 15 is 0 Å². The third-order valence-corrected chi connectivity index (χ3v) is 4.05. The summed E-state index contributed by atoms with van der Waals surface area (Å²) in [6.45, 7) is 4.86. The van der Waals surface area contributed by atoms with Crippen molar-refractivity contribution in [2.45, 2.75) is 50.7 Å². The van der Waals surface area contributed by atoms with Gasteiger partial charge in [-0.3, -0.25) is 19.7 Å². The van der Waals surface area contributed by atoms with Crippen LogP contribution >= 0.6 is 11.8 Å². The molecule has 0 radical (unpaired) electrons. The van der Waals surface area contributed by atoms with E-state index in [1.165, 1.54) is 6.92 Å². The lowest BCUT2D eigenvalue weighted by molar-refractivity contribution is -0.154. The van der Waals surface area contributed by atoms with E-state index < -0.39 is 24.0 Å². The number of amides is 3. The Balaban J connectivity index is 2.41. The molecule has 0 saturated carbocycles. The van der Waals surface area contributed by atoms with E-state index in [4.69, 9.17) is 4.74 Å². The molecule has 0 aromatic heterocycles. The molecule has 1 rings (SSSR count). The molecular weight excluding hydrogens is 356 g/mol. The number of Topliss-reactive ketones (excluding diaryl/α,β-unsaturated/α-hetero) is 1. The number of imide groups is 1. The largest absolute Gasteiger partial charge is 0.453 e. The molecule has 0 heterocycles. The summed E-state index contributed by atoms with van der Waals surface area (Å²) in [6, 6.07) is 6.31. The van der Waals surface area contributed by atoms with Gasteiger partial charge in [0.25, 0.3) is 5.91 Å². The van der Waals surface area contributed by atoms with Gasteiger partial charge in [-0.25, -0.2) is 4.79 Å². The molecule has 26 heavy (non-hydrogen) atoms. The number of benzene rings is 1. The third-order valence-electron chi connectivity index (χ3n) is 3.30. The number of ketones is 1. The first-order valence-corrected chi connectivity index (χ1v) is 9.43. The lowest BCUT2D eigenvalue weighted by atomic mass is 10.1. The van der Waals surface area contributed by atoms with Crippen molar-refractivity contribution in [1.29, 1.82) is 0 Å². The molecule has 0 saturated heterocycles. The van der Waals surface area contributed by atoms with Crippen LogP contribution in [0.5, 0.6) is 0 Å². The van der Waals surface area contributed by atoms with Gasteiger partial charge in [0, 0.05) is 22.9 Å². The summed E-state index contributed by atoms with van der Waals surface area (Å²) >= 11 is 1.57. The number of carbonyl (C=O) groups is 4. The summed E-state index contributed by atoms with van der Waals surface area (Å²) in [6.07, 6.45) is 0.659. The van der Waals surface area contributed by atoms with Crippen LogP contribution in [0.15, 0.2) is 29.2 Å². The lowest BCUT2D eigenvalue weighted by Gasteiger charge is -2.14. The second kappa shape index (κ2) is 10.6. The molecule has 0 aliphatic carbocycles. The highest BCUT2D eigenvalue weighted by Crippen LogP contribution is 2.16. The zero-order valence-electron chi connectivity index (χ0n) is 15.3. The van der Waals surface area contributed by atoms with Crippen LogP contribution in [0, 0.1) is 0 Å². The SMILES string of the molecule is CSc1ccc(C(=O)CCC(=O)O[C@@H](C)C(=O)NC(=O)NC(C)C)cc1. The second-order valence-corrected chi connectivity index (χ2v) is 6.78. The highest BCUT2D eigenvalue weighted by Gasteiger charge is 2.20. The first-order chi connectivity index (χ1) is 12.2.